The second-order valence-corrected chi connectivity index (χ2v) is 3.59. The number of aliphatic hydroxyl groups is 1. The summed E-state index contributed by atoms with van der Waals surface area (Å²) in [5.74, 6) is 0. The maximum absolute atomic E-state index is 9.22. The van der Waals surface area contributed by atoms with Gasteiger partial charge in [0.05, 0.1) is 25.4 Å². The van der Waals surface area contributed by atoms with Gasteiger partial charge in [0, 0.05) is 6.61 Å². The average molecular weight is 188 g/mol. The highest BCUT2D eigenvalue weighted by Crippen LogP contribution is 2.12. The van der Waals surface area contributed by atoms with Gasteiger partial charge in [-0.05, 0) is 25.7 Å². The van der Waals surface area contributed by atoms with Crippen LogP contribution in [-0.4, -0.2) is 37.1 Å². The summed E-state index contributed by atoms with van der Waals surface area (Å²) >= 11 is 0. The third kappa shape index (κ3) is 4.60. The maximum atomic E-state index is 9.22. The Morgan fingerprint density at radius 2 is 2.38 bits per heavy atom. The third-order valence-electron chi connectivity index (χ3n) is 2.36. The molecule has 1 N–H and O–H groups in total. The summed E-state index contributed by atoms with van der Waals surface area (Å²) in [6.07, 6.45) is 4.22. The number of rotatable bonds is 5. The van der Waals surface area contributed by atoms with E-state index < -0.39 is 0 Å². The Labute approximate surface area is 80.0 Å². The molecule has 0 radical (unpaired) electrons. The minimum absolute atomic E-state index is 0.262. The van der Waals surface area contributed by atoms with Crippen LogP contribution in [0, 0.1) is 0 Å². The molecule has 13 heavy (non-hydrogen) atoms. The van der Waals surface area contributed by atoms with Crippen LogP contribution >= 0.6 is 0 Å². The van der Waals surface area contributed by atoms with Crippen LogP contribution in [0.15, 0.2) is 0 Å². The highest BCUT2D eigenvalue weighted by molar-refractivity contribution is 4.62. The lowest BCUT2D eigenvalue weighted by Gasteiger charge is -2.22. The van der Waals surface area contributed by atoms with Crippen LogP contribution in [0.1, 0.15) is 32.6 Å². The van der Waals surface area contributed by atoms with Gasteiger partial charge in [0.2, 0.25) is 0 Å². The zero-order valence-corrected chi connectivity index (χ0v) is 8.37. The lowest BCUT2D eigenvalue weighted by molar-refractivity contribution is -0.0572. The SMILES string of the molecule is CCC(O)COCC1CCCCO1. The highest BCUT2D eigenvalue weighted by atomic mass is 16.5. The van der Waals surface area contributed by atoms with Gasteiger partial charge in [-0.2, -0.15) is 0 Å². The molecule has 0 aliphatic carbocycles. The van der Waals surface area contributed by atoms with Crippen LogP contribution in [0.3, 0.4) is 0 Å². The number of hydrogen-bond acceptors (Lipinski definition) is 3. The number of hydrogen-bond donors (Lipinski definition) is 1. The Kier molecular flexibility index (Phi) is 5.35. The topological polar surface area (TPSA) is 38.7 Å². The van der Waals surface area contributed by atoms with Crippen LogP contribution in [0.5, 0.6) is 0 Å². The fourth-order valence-corrected chi connectivity index (χ4v) is 1.39. The summed E-state index contributed by atoms with van der Waals surface area (Å²) in [6.45, 7) is 3.89. The second kappa shape index (κ2) is 6.35. The van der Waals surface area contributed by atoms with Crippen molar-refractivity contribution in [2.75, 3.05) is 19.8 Å². The molecule has 0 amide bonds. The van der Waals surface area contributed by atoms with Crippen LogP contribution < -0.4 is 0 Å². The predicted molar refractivity (Wildman–Crippen MR) is 50.7 cm³/mol. The van der Waals surface area contributed by atoms with Crippen LogP contribution in [0.25, 0.3) is 0 Å². The molecule has 0 spiro atoms. The highest BCUT2D eigenvalue weighted by Gasteiger charge is 2.14. The lowest BCUT2D eigenvalue weighted by Crippen LogP contribution is -2.26. The summed E-state index contributed by atoms with van der Waals surface area (Å²) < 4.78 is 10.8. The first-order chi connectivity index (χ1) is 6.33. The normalized spacial score (nSPS) is 25.8. The van der Waals surface area contributed by atoms with E-state index in [0.717, 1.165) is 19.4 Å². The summed E-state index contributed by atoms with van der Waals surface area (Å²) in [6, 6.07) is 0. The van der Waals surface area contributed by atoms with E-state index in [1.54, 1.807) is 0 Å². The van der Waals surface area contributed by atoms with E-state index in [2.05, 4.69) is 0 Å². The fourth-order valence-electron chi connectivity index (χ4n) is 1.39. The number of ether oxygens (including phenoxy) is 2. The van der Waals surface area contributed by atoms with Crippen molar-refractivity contribution in [2.24, 2.45) is 0 Å². The molecule has 1 rings (SSSR count). The molecule has 0 aromatic rings. The van der Waals surface area contributed by atoms with Gasteiger partial charge < -0.3 is 14.6 Å². The van der Waals surface area contributed by atoms with Crippen molar-refractivity contribution in [3.63, 3.8) is 0 Å². The lowest BCUT2D eigenvalue weighted by atomic mass is 10.1. The first-order valence-corrected chi connectivity index (χ1v) is 5.20. The molecule has 0 saturated carbocycles. The Balaban J connectivity index is 1.98. The molecule has 1 fully saturated rings. The van der Waals surface area contributed by atoms with Gasteiger partial charge in [0.1, 0.15) is 0 Å². The van der Waals surface area contributed by atoms with E-state index in [0.29, 0.717) is 13.2 Å². The predicted octanol–water partition coefficient (Wildman–Crippen LogP) is 1.34. The van der Waals surface area contributed by atoms with E-state index >= 15 is 0 Å². The van der Waals surface area contributed by atoms with E-state index in [9.17, 15) is 5.11 Å². The molecule has 1 aliphatic heterocycles. The van der Waals surface area contributed by atoms with Gasteiger partial charge in [-0.3, -0.25) is 0 Å². The van der Waals surface area contributed by atoms with Crippen molar-refractivity contribution in [3.05, 3.63) is 0 Å². The van der Waals surface area contributed by atoms with E-state index in [-0.39, 0.29) is 12.2 Å². The van der Waals surface area contributed by atoms with Crippen LogP contribution in [-0.2, 0) is 9.47 Å². The summed E-state index contributed by atoms with van der Waals surface area (Å²) in [4.78, 5) is 0. The largest absolute Gasteiger partial charge is 0.391 e. The molecule has 1 aliphatic rings. The van der Waals surface area contributed by atoms with Gasteiger partial charge in [0.25, 0.3) is 0 Å². The molecule has 2 atom stereocenters. The zero-order chi connectivity index (χ0) is 9.52. The van der Waals surface area contributed by atoms with E-state index in [4.69, 9.17) is 9.47 Å². The Morgan fingerprint density at radius 3 is 3.00 bits per heavy atom. The van der Waals surface area contributed by atoms with Crippen molar-refractivity contribution < 1.29 is 14.6 Å². The molecule has 2 unspecified atom stereocenters. The quantitative estimate of drug-likeness (QED) is 0.707. The molecular weight excluding hydrogens is 168 g/mol. The first-order valence-electron chi connectivity index (χ1n) is 5.20. The second-order valence-electron chi connectivity index (χ2n) is 3.59. The average Bonchev–Trinajstić information content (AvgIpc) is 2.19. The van der Waals surface area contributed by atoms with E-state index in [1.165, 1.54) is 12.8 Å². The summed E-state index contributed by atoms with van der Waals surface area (Å²) in [7, 11) is 0. The smallest absolute Gasteiger partial charge is 0.0808 e. The van der Waals surface area contributed by atoms with Crippen molar-refractivity contribution in [3.8, 4) is 0 Å². The Hall–Kier alpha value is -0.120. The fraction of sp³-hybridized carbons (Fsp3) is 1.00. The van der Waals surface area contributed by atoms with Gasteiger partial charge in [-0.15, -0.1) is 0 Å². The maximum Gasteiger partial charge on any atom is 0.0808 e. The zero-order valence-electron chi connectivity index (χ0n) is 8.37. The minimum atomic E-state index is -0.316. The van der Waals surface area contributed by atoms with Crippen molar-refractivity contribution in [2.45, 2.75) is 44.8 Å². The van der Waals surface area contributed by atoms with Crippen molar-refractivity contribution >= 4 is 0 Å². The number of aliphatic hydroxyl groups excluding tert-OH is 1. The molecule has 3 heteroatoms. The van der Waals surface area contributed by atoms with Crippen LogP contribution in [0.4, 0.5) is 0 Å². The third-order valence-corrected chi connectivity index (χ3v) is 2.36. The van der Waals surface area contributed by atoms with Gasteiger partial charge >= 0.3 is 0 Å². The van der Waals surface area contributed by atoms with Gasteiger partial charge in [-0.25, -0.2) is 0 Å². The summed E-state index contributed by atoms with van der Waals surface area (Å²) in [5.41, 5.74) is 0. The van der Waals surface area contributed by atoms with E-state index in [1.807, 2.05) is 6.92 Å². The van der Waals surface area contributed by atoms with Crippen LogP contribution in [0.2, 0.25) is 0 Å². The molecular formula is C10H20O3. The summed E-state index contributed by atoms with van der Waals surface area (Å²) in [5, 5.41) is 9.22. The molecule has 1 saturated heterocycles. The van der Waals surface area contributed by atoms with Gasteiger partial charge in [0.15, 0.2) is 0 Å². The molecule has 1 heterocycles. The minimum Gasteiger partial charge on any atom is -0.391 e. The molecule has 0 bridgehead atoms. The van der Waals surface area contributed by atoms with Crippen molar-refractivity contribution in [1.82, 2.24) is 0 Å². The Morgan fingerprint density at radius 1 is 1.54 bits per heavy atom. The van der Waals surface area contributed by atoms with Crippen molar-refractivity contribution in [1.29, 1.82) is 0 Å². The standard InChI is InChI=1S/C10H20O3/c1-2-9(11)7-12-8-10-5-3-4-6-13-10/h9-11H,2-8H2,1H3. The molecule has 0 aromatic heterocycles. The van der Waals surface area contributed by atoms with Gasteiger partial charge in [-0.1, -0.05) is 6.92 Å². The molecule has 0 aromatic carbocycles. The first kappa shape index (κ1) is 11.0. The molecule has 3 nitrogen and oxygen atoms in total. The Bertz CT molecular complexity index is 121. The monoisotopic (exact) mass is 188 g/mol. The molecule has 78 valence electrons.